The van der Waals surface area contributed by atoms with Crippen molar-refractivity contribution in [2.75, 3.05) is 37.5 Å². The van der Waals surface area contributed by atoms with Gasteiger partial charge in [0.15, 0.2) is 12.3 Å². The molecule has 1 aromatic carbocycles. The molecule has 33 heavy (non-hydrogen) atoms. The first-order chi connectivity index (χ1) is 15.8. The highest BCUT2D eigenvalue weighted by Crippen LogP contribution is 2.17. The Hall–Kier alpha value is -3.18. The van der Waals surface area contributed by atoms with E-state index in [1.807, 2.05) is 19.1 Å². The number of rotatable bonds is 11. The lowest BCUT2D eigenvalue weighted by Gasteiger charge is -2.24. The summed E-state index contributed by atoms with van der Waals surface area (Å²) in [7, 11) is 1.44. The maximum absolute atomic E-state index is 12.8. The summed E-state index contributed by atoms with van der Waals surface area (Å²) < 4.78 is 12.2. The van der Waals surface area contributed by atoms with Crippen molar-refractivity contribution in [1.82, 2.24) is 9.55 Å². The summed E-state index contributed by atoms with van der Waals surface area (Å²) in [6.07, 6.45) is 4.21. The van der Waals surface area contributed by atoms with Crippen LogP contribution < -0.4 is 21.9 Å². The van der Waals surface area contributed by atoms with E-state index in [0.29, 0.717) is 6.42 Å². The van der Waals surface area contributed by atoms with E-state index >= 15 is 0 Å². The summed E-state index contributed by atoms with van der Waals surface area (Å²) in [6, 6.07) is 7.25. The molecular weight excluding hydrogens is 496 g/mol. The Labute approximate surface area is 199 Å². The van der Waals surface area contributed by atoms with Gasteiger partial charge in [-0.15, -0.1) is 0 Å². The minimum Gasteiger partial charge on any atom is -0.452 e. The number of aromatic nitrogens is 2. The van der Waals surface area contributed by atoms with Crippen LogP contribution >= 0.6 is 15.9 Å². The first-order valence-corrected chi connectivity index (χ1v) is 11.1. The van der Waals surface area contributed by atoms with Crippen molar-refractivity contribution in [3.05, 3.63) is 61.2 Å². The number of hydrogen-bond acceptors (Lipinski definition) is 7. The molecule has 0 spiro atoms. The molecule has 0 aliphatic carbocycles. The summed E-state index contributed by atoms with van der Waals surface area (Å²) >= 11 is 3.33. The molecular formula is C22H27BrN4O6. The topological polar surface area (TPSA) is 137 Å². The number of nitrogens with one attached hydrogen (secondary N) is 1. The van der Waals surface area contributed by atoms with Crippen molar-refractivity contribution in [3.8, 4) is 0 Å². The van der Waals surface area contributed by atoms with Crippen LogP contribution in [-0.4, -0.2) is 48.3 Å². The number of nitrogen functional groups attached to an aromatic ring is 1. The first-order valence-electron chi connectivity index (χ1n) is 10.3. The number of ether oxygens (including phenoxy) is 2. The second-order valence-electron chi connectivity index (χ2n) is 7.03. The van der Waals surface area contributed by atoms with Gasteiger partial charge in [0.05, 0.1) is 6.61 Å². The van der Waals surface area contributed by atoms with Crippen LogP contribution in [0.15, 0.2) is 44.4 Å². The Bertz CT molecular complexity index is 1110. The van der Waals surface area contributed by atoms with Crippen molar-refractivity contribution in [3.63, 3.8) is 0 Å². The molecule has 1 amide bonds. The largest absolute Gasteiger partial charge is 0.452 e. The summed E-state index contributed by atoms with van der Waals surface area (Å²) in [5, 5.41) is 0. The van der Waals surface area contributed by atoms with E-state index in [1.54, 1.807) is 18.2 Å². The number of nitrogens with two attached hydrogens (primary N) is 1. The minimum absolute atomic E-state index is 0.0269. The fourth-order valence-electron chi connectivity index (χ4n) is 2.92. The van der Waals surface area contributed by atoms with E-state index in [2.05, 4.69) is 20.9 Å². The van der Waals surface area contributed by atoms with Crippen LogP contribution in [-0.2, 0) is 25.6 Å². The maximum Gasteiger partial charge on any atom is 0.331 e. The average molecular weight is 523 g/mol. The molecule has 10 nitrogen and oxygen atoms in total. The predicted molar refractivity (Wildman–Crippen MR) is 129 cm³/mol. The lowest BCUT2D eigenvalue weighted by atomic mass is 10.2. The van der Waals surface area contributed by atoms with E-state index in [9.17, 15) is 19.2 Å². The fraction of sp³-hybridized carbons (Fsp3) is 0.364. The van der Waals surface area contributed by atoms with E-state index in [4.69, 9.17) is 15.2 Å². The van der Waals surface area contributed by atoms with Crippen LogP contribution in [0, 0.1) is 0 Å². The lowest BCUT2D eigenvalue weighted by molar-refractivity contribution is -0.142. The van der Waals surface area contributed by atoms with Crippen molar-refractivity contribution in [1.29, 1.82) is 0 Å². The molecule has 0 fully saturated rings. The number of carbonyl (C=O) groups excluding carboxylic acids is 2. The number of methoxy groups -OCH3 is 1. The summed E-state index contributed by atoms with van der Waals surface area (Å²) in [4.78, 5) is 52.8. The normalized spacial score (nSPS) is 11.0. The highest BCUT2D eigenvalue weighted by Gasteiger charge is 2.24. The van der Waals surface area contributed by atoms with Crippen LogP contribution in [0.2, 0.25) is 0 Å². The van der Waals surface area contributed by atoms with Gasteiger partial charge in [-0.2, -0.15) is 0 Å². The van der Waals surface area contributed by atoms with E-state index in [-0.39, 0.29) is 31.2 Å². The molecule has 2 aromatic rings. The van der Waals surface area contributed by atoms with Gasteiger partial charge in [-0.25, -0.2) is 9.59 Å². The zero-order valence-electron chi connectivity index (χ0n) is 18.5. The Morgan fingerprint density at radius 2 is 1.94 bits per heavy atom. The van der Waals surface area contributed by atoms with Crippen molar-refractivity contribution in [2.45, 2.75) is 26.3 Å². The third kappa shape index (κ3) is 7.43. The van der Waals surface area contributed by atoms with Gasteiger partial charge in [-0.05, 0) is 30.2 Å². The van der Waals surface area contributed by atoms with Gasteiger partial charge in [0, 0.05) is 30.7 Å². The lowest BCUT2D eigenvalue weighted by Crippen LogP contribution is -2.44. The molecule has 0 bridgehead atoms. The molecule has 3 N–H and O–H groups in total. The molecule has 2 rings (SSSR count). The second-order valence-corrected chi connectivity index (χ2v) is 7.94. The van der Waals surface area contributed by atoms with Gasteiger partial charge >= 0.3 is 11.7 Å². The molecule has 0 aliphatic heterocycles. The van der Waals surface area contributed by atoms with Crippen molar-refractivity contribution in [2.24, 2.45) is 0 Å². The van der Waals surface area contributed by atoms with Gasteiger partial charge in [-0.3, -0.25) is 24.0 Å². The van der Waals surface area contributed by atoms with E-state index in [1.165, 1.54) is 17.8 Å². The van der Waals surface area contributed by atoms with E-state index < -0.39 is 29.7 Å². The Morgan fingerprint density at radius 3 is 2.58 bits per heavy atom. The number of benzene rings is 1. The molecule has 0 aliphatic rings. The third-order valence-corrected chi connectivity index (χ3v) is 5.19. The number of hydrogen-bond donors (Lipinski definition) is 2. The number of anilines is 2. The number of nitrogens with zero attached hydrogens (tertiary/aromatic N) is 2. The second kappa shape index (κ2) is 12.8. The highest BCUT2D eigenvalue weighted by atomic mass is 79.9. The van der Waals surface area contributed by atoms with Crippen LogP contribution in [0.1, 0.15) is 25.3 Å². The number of unbranched alkanes of at least 4 members (excludes halogenated alkanes) is 1. The van der Waals surface area contributed by atoms with Gasteiger partial charge in [0.1, 0.15) is 5.82 Å². The molecule has 178 valence electrons. The van der Waals surface area contributed by atoms with Gasteiger partial charge in [0.25, 0.3) is 11.5 Å². The summed E-state index contributed by atoms with van der Waals surface area (Å²) in [5.74, 6) is -1.55. The number of halogens is 1. The SMILES string of the molecule is CCCCn1c(N)c(N(CCOC)C(=O)COC(=O)C=Cc2ccc(Br)cc2)c(=O)[nH]c1=O. The number of carbonyl (C=O) groups is 2. The molecule has 0 saturated heterocycles. The van der Waals surface area contributed by atoms with Gasteiger partial charge in [0.2, 0.25) is 0 Å². The average Bonchev–Trinajstić information content (AvgIpc) is 2.79. The van der Waals surface area contributed by atoms with E-state index in [0.717, 1.165) is 21.4 Å². The molecule has 1 heterocycles. The minimum atomic E-state index is -0.809. The standard InChI is InChI=1S/C22H27BrN4O6/c1-3-4-11-27-20(24)19(21(30)25-22(27)31)26(12-13-32-2)17(28)14-33-18(29)10-7-15-5-8-16(23)9-6-15/h5-10H,3-4,11-14,24H2,1-2H3,(H,25,30,31). The summed E-state index contributed by atoms with van der Waals surface area (Å²) in [5.41, 5.74) is 5.23. The van der Waals surface area contributed by atoms with Crippen LogP contribution in [0.4, 0.5) is 11.5 Å². The monoisotopic (exact) mass is 522 g/mol. The quantitative estimate of drug-likeness (QED) is 0.339. The summed E-state index contributed by atoms with van der Waals surface area (Å²) in [6.45, 7) is 1.67. The Balaban J connectivity index is 2.20. The highest BCUT2D eigenvalue weighted by molar-refractivity contribution is 9.10. The maximum atomic E-state index is 12.8. The Morgan fingerprint density at radius 1 is 1.24 bits per heavy atom. The van der Waals surface area contributed by atoms with Gasteiger partial charge in [-0.1, -0.05) is 41.4 Å². The Kier molecular flexibility index (Phi) is 10.1. The molecule has 1 aromatic heterocycles. The van der Waals surface area contributed by atoms with Crippen molar-refractivity contribution >= 4 is 45.4 Å². The smallest absolute Gasteiger partial charge is 0.331 e. The molecule has 11 heteroatoms. The first kappa shape index (κ1) is 26.1. The zero-order valence-corrected chi connectivity index (χ0v) is 20.1. The van der Waals surface area contributed by atoms with Gasteiger partial charge < -0.3 is 15.2 Å². The molecule has 0 unspecified atom stereocenters. The predicted octanol–water partition coefficient (Wildman–Crippen LogP) is 1.92. The van der Waals surface area contributed by atoms with Crippen LogP contribution in [0.25, 0.3) is 6.08 Å². The zero-order chi connectivity index (χ0) is 24.4. The number of aromatic amines is 1. The number of H-pyrrole nitrogens is 1. The van der Waals surface area contributed by atoms with Crippen LogP contribution in [0.3, 0.4) is 0 Å². The number of amides is 1. The molecule has 0 radical (unpaired) electrons. The third-order valence-electron chi connectivity index (χ3n) is 4.66. The molecule has 0 saturated carbocycles. The van der Waals surface area contributed by atoms with Crippen molar-refractivity contribution < 1.29 is 19.1 Å². The fourth-order valence-corrected chi connectivity index (χ4v) is 3.18. The van der Waals surface area contributed by atoms with Crippen LogP contribution in [0.5, 0.6) is 0 Å². The molecule has 0 atom stereocenters. The number of esters is 1.